The van der Waals surface area contributed by atoms with Crippen LogP contribution in [0.4, 0.5) is 0 Å². The zero-order chi connectivity index (χ0) is 18.2. The first-order valence-electron chi connectivity index (χ1n) is 10.0. The van der Waals surface area contributed by atoms with E-state index in [-0.39, 0.29) is 0 Å². The maximum Gasteiger partial charge on any atom is -0.00165 e. The largest absolute Gasteiger partial charge is 0.0610 e. The zero-order valence-corrected chi connectivity index (χ0v) is 15.5. The molecule has 0 saturated carbocycles. The number of rotatable bonds is 0. The molecule has 0 amide bonds. The van der Waals surface area contributed by atoms with Gasteiger partial charge in [0.25, 0.3) is 0 Å². The van der Waals surface area contributed by atoms with E-state index in [0.29, 0.717) is 0 Å². The highest BCUT2D eigenvalue weighted by molar-refractivity contribution is 6.33. The Morgan fingerprint density at radius 1 is 0.464 bits per heavy atom. The van der Waals surface area contributed by atoms with Crippen molar-refractivity contribution in [2.24, 2.45) is 0 Å². The van der Waals surface area contributed by atoms with Crippen molar-refractivity contribution in [1.82, 2.24) is 0 Å². The van der Waals surface area contributed by atoms with Gasteiger partial charge >= 0.3 is 0 Å². The predicted molar refractivity (Wildman–Crippen MR) is 120 cm³/mol. The Kier molecular flexibility index (Phi) is 2.67. The van der Waals surface area contributed by atoms with E-state index >= 15 is 0 Å². The van der Waals surface area contributed by atoms with E-state index in [1.807, 2.05) is 0 Å². The highest BCUT2D eigenvalue weighted by atomic mass is 14.2. The van der Waals surface area contributed by atoms with Crippen molar-refractivity contribution in [3.05, 3.63) is 107 Å². The van der Waals surface area contributed by atoms with Gasteiger partial charge in [-0.1, -0.05) is 84.9 Å². The average molecular weight is 354 g/mol. The molecule has 6 aromatic carbocycles. The second kappa shape index (κ2) is 5.11. The van der Waals surface area contributed by atoms with Gasteiger partial charge in [0.1, 0.15) is 0 Å². The summed E-state index contributed by atoms with van der Waals surface area (Å²) in [5.74, 6) is 0. The first-order valence-corrected chi connectivity index (χ1v) is 10.0. The van der Waals surface area contributed by atoms with Gasteiger partial charge in [-0.3, -0.25) is 0 Å². The van der Waals surface area contributed by atoms with E-state index in [1.54, 1.807) is 0 Å². The third-order valence-corrected chi connectivity index (χ3v) is 6.63. The van der Waals surface area contributed by atoms with Gasteiger partial charge in [0.2, 0.25) is 0 Å². The molecule has 0 aliphatic heterocycles. The number of fused-ring (bicyclic) bond motifs is 4. The van der Waals surface area contributed by atoms with Crippen molar-refractivity contribution in [3.63, 3.8) is 0 Å². The normalized spacial score (nSPS) is 13.4. The van der Waals surface area contributed by atoms with Gasteiger partial charge < -0.3 is 0 Å². The zero-order valence-electron chi connectivity index (χ0n) is 15.5. The maximum absolute atomic E-state index is 2.45. The molecule has 0 spiro atoms. The minimum absolute atomic E-state index is 1.01. The van der Waals surface area contributed by atoms with Gasteiger partial charge in [0, 0.05) is 0 Å². The van der Waals surface area contributed by atoms with Crippen molar-refractivity contribution in [2.45, 2.75) is 12.8 Å². The second-order valence-corrected chi connectivity index (χ2v) is 8.17. The van der Waals surface area contributed by atoms with Crippen LogP contribution in [0.2, 0.25) is 0 Å². The van der Waals surface area contributed by atoms with Crippen LogP contribution in [-0.2, 0) is 12.8 Å². The standard InChI is InChI=1S/C28H18/c1-4-19-5-2-9-24-26(19)22(7-1)23-8-3-6-20-16-21-14-17-10-12-18(13-11-17)15-25(21)28(24)27(20)23/h1-13,16H,14-15H2. The quantitative estimate of drug-likeness (QED) is 0.199. The third kappa shape index (κ3) is 1.80. The molecule has 0 unspecified atom stereocenters. The Labute approximate surface area is 163 Å². The molecular weight excluding hydrogens is 336 g/mol. The van der Waals surface area contributed by atoms with Crippen molar-refractivity contribution in [3.8, 4) is 0 Å². The van der Waals surface area contributed by atoms with Crippen LogP contribution in [0.5, 0.6) is 0 Å². The third-order valence-electron chi connectivity index (χ3n) is 6.63. The molecule has 0 heterocycles. The Hall–Kier alpha value is -3.38. The summed E-state index contributed by atoms with van der Waals surface area (Å²) < 4.78 is 0. The molecule has 0 radical (unpaired) electrons. The lowest BCUT2D eigenvalue weighted by Crippen LogP contribution is -2.04. The van der Waals surface area contributed by atoms with Crippen LogP contribution in [0.3, 0.4) is 0 Å². The van der Waals surface area contributed by atoms with Gasteiger partial charge in [-0.05, 0) is 78.2 Å². The van der Waals surface area contributed by atoms with E-state index in [2.05, 4.69) is 84.9 Å². The summed E-state index contributed by atoms with van der Waals surface area (Å²) in [4.78, 5) is 0. The lowest BCUT2D eigenvalue weighted by molar-refractivity contribution is 1.08. The van der Waals surface area contributed by atoms with Gasteiger partial charge in [0.05, 0.1) is 0 Å². The molecule has 28 heavy (non-hydrogen) atoms. The van der Waals surface area contributed by atoms with E-state index in [1.165, 1.54) is 65.3 Å². The monoisotopic (exact) mass is 354 g/mol. The highest BCUT2D eigenvalue weighted by Crippen LogP contribution is 2.43. The fraction of sp³-hybridized carbons (Fsp3) is 0.0714. The minimum atomic E-state index is 1.01. The Morgan fingerprint density at radius 2 is 1.07 bits per heavy atom. The fourth-order valence-corrected chi connectivity index (χ4v) is 5.41. The van der Waals surface area contributed by atoms with E-state index in [0.717, 1.165) is 12.8 Å². The smallest absolute Gasteiger partial charge is 0.00165 e. The number of hydrogen-bond acceptors (Lipinski definition) is 0. The summed E-state index contributed by atoms with van der Waals surface area (Å²) in [5, 5.41) is 11.2. The molecule has 8 rings (SSSR count). The molecule has 0 fully saturated rings. The first kappa shape index (κ1) is 14.6. The van der Waals surface area contributed by atoms with Crippen LogP contribution in [0.1, 0.15) is 22.3 Å². The van der Waals surface area contributed by atoms with Crippen LogP contribution in [0, 0.1) is 0 Å². The average Bonchev–Trinajstić information content (AvgIpc) is 2.72. The van der Waals surface area contributed by atoms with Gasteiger partial charge in [-0.25, -0.2) is 0 Å². The van der Waals surface area contributed by atoms with Crippen LogP contribution < -0.4 is 0 Å². The number of hydrogen-bond donors (Lipinski definition) is 0. The van der Waals surface area contributed by atoms with Crippen LogP contribution in [0.15, 0.2) is 84.9 Å². The molecule has 0 saturated heterocycles. The van der Waals surface area contributed by atoms with Crippen molar-refractivity contribution >= 4 is 43.1 Å². The second-order valence-electron chi connectivity index (χ2n) is 8.17. The van der Waals surface area contributed by atoms with Crippen molar-refractivity contribution in [1.29, 1.82) is 0 Å². The Balaban J connectivity index is 1.79. The van der Waals surface area contributed by atoms with Crippen LogP contribution in [0.25, 0.3) is 43.1 Å². The number of benzene rings is 6. The molecule has 2 bridgehead atoms. The molecule has 0 atom stereocenters. The molecule has 130 valence electrons. The SMILES string of the molecule is c1cc2cccc3c4c5c(cc6cccc(c(c1)c23)c64)Cc1ccc(cc1)C5. The Bertz CT molecular complexity index is 1530. The Morgan fingerprint density at radius 3 is 1.82 bits per heavy atom. The van der Waals surface area contributed by atoms with Crippen molar-refractivity contribution in [2.75, 3.05) is 0 Å². The lowest BCUT2D eigenvalue weighted by Gasteiger charge is -2.22. The minimum Gasteiger partial charge on any atom is -0.0610 e. The van der Waals surface area contributed by atoms with E-state index in [9.17, 15) is 0 Å². The molecule has 0 nitrogen and oxygen atoms in total. The lowest BCUT2D eigenvalue weighted by atomic mass is 9.82. The highest BCUT2D eigenvalue weighted by Gasteiger charge is 2.19. The molecule has 2 aliphatic rings. The molecule has 0 aromatic heterocycles. The van der Waals surface area contributed by atoms with Crippen molar-refractivity contribution < 1.29 is 0 Å². The summed E-state index contributed by atoms with van der Waals surface area (Å²) in [6, 6.07) is 32.0. The summed E-state index contributed by atoms with van der Waals surface area (Å²) in [7, 11) is 0. The summed E-state index contributed by atoms with van der Waals surface area (Å²) in [6.45, 7) is 0. The molecule has 0 N–H and O–H groups in total. The summed E-state index contributed by atoms with van der Waals surface area (Å²) >= 11 is 0. The van der Waals surface area contributed by atoms with E-state index in [4.69, 9.17) is 0 Å². The molecule has 0 heteroatoms. The molecule has 2 aliphatic carbocycles. The van der Waals surface area contributed by atoms with Gasteiger partial charge in [-0.2, -0.15) is 0 Å². The maximum atomic E-state index is 2.45. The molecule has 6 aromatic rings. The predicted octanol–water partition coefficient (Wildman–Crippen LogP) is 7.23. The van der Waals surface area contributed by atoms with E-state index < -0.39 is 0 Å². The molecular formula is C28H18. The van der Waals surface area contributed by atoms with Gasteiger partial charge in [-0.15, -0.1) is 0 Å². The summed E-state index contributed by atoms with van der Waals surface area (Å²) in [5.41, 5.74) is 5.81. The topological polar surface area (TPSA) is 0 Å². The van der Waals surface area contributed by atoms with Crippen LogP contribution in [-0.4, -0.2) is 0 Å². The van der Waals surface area contributed by atoms with Gasteiger partial charge in [0.15, 0.2) is 0 Å². The first-order chi connectivity index (χ1) is 13.9. The fourth-order valence-electron chi connectivity index (χ4n) is 5.41. The van der Waals surface area contributed by atoms with Crippen LogP contribution >= 0.6 is 0 Å². The summed E-state index contributed by atoms with van der Waals surface area (Å²) in [6.07, 6.45) is 2.02.